The van der Waals surface area contributed by atoms with Crippen molar-refractivity contribution in [3.63, 3.8) is 0 Å². The molecule has 3 aliphatic heterocycles. The van der Waals surface area contributed by atoms with E-state index < -0.39 is 0 Å². The minimum Gasteiger partial charge on any atom is -0.376 e. The lowest BCUT2D eigenvalue weighted by molar-refractivity contribution is -0.125. The van der Waals surface area contributed by atoms with Crippen molar-refractivity contribution in [1.82, 2.24) is 15.2 Å². The number of hydrogen-bond donors (Lipinski definition) is 1. The standard InChI is InChI=1S/C25H28N4O4/c30-23(27-14-19-7-4-12-33-19)18-6-3-11-28(16-18)21-9-1-8-20-22(21)25(32)29(24(20)31)15-17-5-2-10-26-13-17/h1-2,5,8-10,13,18-19H,3-4,6-7,11-12,14-16H2,(H,27,30)/t18-,19-/m0/s1. The number of ether oxygens (including phenoxy) is 1. The first-order valence-corrected chi connectivity index (χ1v) is 11.6. The van der Waals surface area contributed by atoms with Crippen LogP contribution >= 0.6 is 0 Å². The third kappa shape index (κ3) is 4.35. The second-order valence-electron chi connectivity index (χ2n) is 8.92. The number of anilines is 1. The van der Waals surface area contributed by atoms with Crippen molar-refractivity contribution in [3.8, 4) is 0 Å². The van der Waals surface area contributed by atoms with Crippen LogP contribution in [-0.4, -0.2) is 60.0 Å². The third-order valence-electron chi connectivity index (χ3n) is 6.70. The van der Waals surface area contributed by atoms with Crippen LogP contribution in [0.3, 0.4) is 0 Å². The molecule has 5 rings (SSSR count). The van der Waals surface area contributed by atoms with Gasteiger partial charge >= 0.3 is 0 Å². The molecule has 2 saturated heterocycles. The maximum Gasteiger partial charge on any atom is 0.263 e. The molecule has 0 aliphatic carbocycles. The van der Waals surface area contributed by atoms with Gasteiger partial charge in [0.1, 0.15) is 0 Å². The molecule has 2 atom stereocenters. The predicted molar refractivity (Wildman–Crippen MR) is 122 cm³/mol. The van der Waals surface area contributed by atoms with Crippen LogP contribution < -0.4 is 10.2 Å². The molecule has 3 aliphatic rings. The van der Waals surface area contributed by atoms with Gasteiger partial charge in [0.25, 0.3) is 11.8 Å². The molecule has 3 amide bonds. The molecule has 172 valence electrons. The number of fused-ring (bicyclic) bond motifs is 1. The van der Waals surface area contributed by atoms with Crippen molar-refractivity contribution < 1.29 is 19.1 Å². The summed E-state index contributed by atoms with van der Waals surface area (Å²) in [5.41, 5.74) is 2.39. The number of rotatable bonds is 6. The molecule has 1 N–H and O–H groups in total. The van der Waals surface area contributed by atoms with Crippen molar-refractivity contribution in [2.75, 3.05) is 31.1 Å². The molecule has 4 heterocycles. The predicted octanol–water partition coefficient (Wildman–Crippen LogP) is 2.39. The lowest BCUT2D eigenvalue weighted by atomic mass is 9.95. The quantitative estimate of drug-likeness (QED) is 0.683. The molecule has 8 nitrogen and oxygen atoms in total. The third-order valence-corrected chi connectivity index (χ3v) is 6.70. The Morgan fingerprint density at radius 2 is 2.03 bits per heavy atom. The van der Waals surface area contributed by atoms with Crippen LogP contribution in [-0.2, 0) is 16.1 Å². The van der Waals surface area contributed by atoms with Gasteiger partial charge < -0.3 is 15.0 Å². The number of aromatic nitrogens is 1. The summed E-state index contributed by atoms with van der Waals surface area (Å²) in [7, 11) is 0. The van der Waals surface area contributed by atoms with Gasteiger partial charge in [-0.2, -0.15) is 0 Å². The van der Waals surface area contributed by atoms with E-state index in [2.05, 4.69) is 15.2 Å². The summed E-state index contributed by atoms with van der Waals surface area (Å²) in [4.78, 5) is 46.6. The van der Waals surface area contributed by atoms with Crippen LogP contribution in [0.1, 0.15) is 52.0 Å². The Morgan fingerprint density at radius 3 is 2.82 bits per heavy atom. The lowest BCUT2D eigenvalue weighted by Gasteiger charge is -2.34. The van der Waals surface area contributed by atoms with E-state index >= 15 is 0 Å². The minimum atomic E-state index is -0.292. The average Bonchev–Trinajstić information content (AvgIpc) is 3.46. The molecule has 0 bridgehead atoms. The van der Waals surface area contributed by atoms with E-state index in [-0.39, 0.29) is 36.3 Å². The zero-order valence-corrected chi connectivity index (χ0v) is 18.5. The SMILES string of the molecule is O=C(NC[C@@H]1CCCO1)[C@H]1CCCN(c2cccc3c2C(=O)N(Cc2cccnc2)C3=O)C1. The molecule has 0 radical (unpaired) electrons. The van der Waals surface area contributed by atoms with Crippen LogP contribution in [0.2, 0.25) is 0 Å². The summed E-state index contributed by atoms with van der Waals surface area (Å²) in [6.45, 7) is 2.77. The van der Waals surface area contributed by atoms with Gasteiger partial charge in [-0.05, 0) is 49.4 Å². The number of piperidine rings is 1. The van der Waals surface area contributed by atoms with Crippen molar-refractivity contribution in [2.45, 2.75) is 38.3 Å². The summed E-state index contributed by atoms with van der Waals surface area (Å²) in [6, 6.07) is 9.04. The first-order chi connectivity index (χ1) is 16.1. The van der Waals surface area contributed by atoms with Gasteiger partial charge in [0.2, 0.25) is 5.91 Å². The smallest absolute Gasteiger partial charge is 0.263 e. The van der Waals surface area contributed by atoms with Crippen molar-refractivity contribution in [1.29, 1.82) is 0 Å². The number of benzene rings is 1. The van der Waals surface area contributed by atoms with Crippen LogP contribution in [0.15, 0.2) is 42.7 Å². The maximum atomic E-state index is 13.3. The molecule has 1 aromatic heterocycles. The highest BCUT2D eigenvalue weighted by molar-refractivity contribution is 6.23. The lowest BCUT2D eigenvalue weighted by Crippen LogP contribution is -2.45. The Morgan fingerprint density at radius 1 is 1.12 bits per heavy atom. The van der Waals surface area contributed by atoms with Gasteiger partial charge in [-0.15, -0.1) is 0 Å². The molecular weight excluding hydrogens is 420 g/mol. The minimum absolute atomic E-state index is 0.0309. The van der Waals surface area contributed by atoms with Crippen molar-refractivity contribution in [3.05, 3.63) is 59.4 Å². The van der Waals surface area contributed by atoms with E-state index in [0.717, 1.165) is 50.1 Å². The largest absolute Gasteiger partial charge is 0.376 e. The van der Waals surface area contributed by atoms with Crippen molar-refractivity contribution in [2.24, 2.45) is 5.92 Å². The van der Waals surface area contributed by atoms with Crippen LogP contribution in [0.25, 0.3) is 0 Å². The van der Waals surface area contributed by atoms with E-state index in [9.17, 15) is 14.4 Å². The number of nitrogens with one attached hydrogen (secondary N) is 1. The fraction of sp³-hybridized carbons (Fsp3) is 0.440. The molecular formula is C25H28N4O4. The molecule has 1 aromatic carbocycles. The summed E-state index contributed by atoms with van der Waals surface area (Å²) in [6.07, 6.45) is 7.12. The Kier molecular flexibility index (Phi) is 6.09. The van der Waals surface area contributed by atoms with Gasteiger partial charge in [0.15, 0.2) is 0 Å². The number of carbonyl (C=O) groups is 3. The Hall–Kier alpha value is -3.26. The summed E-state index contributed by atoms with van der Waals surface area (Å²) >= 11 is 0. The number of carbonyl (C=O) groups excluding carboxylic acids is 3. The van der Waals surface area contributed by atoms with Gasteiger partial charge in [0, 0.05) is 38.6 Å². The average molecular weight is 449 g/mol. The van der Waals surface area contributed by atoms with E-state index in [1.807, 2.05) is 18.2 Å². The van der Waals surface area contributed by atoms with Gasteiger partial charge in [0.05, 0.1) is 35.4 Å². The normalized spacial score (nSPS) is 22.5. The van der Waals surface area contributed by atoms with E-state index in [1.165, 1.54) is 4.90 Å². The Balaban J connectivity index is 1.31. The molecule has 33 heavy (non-hydrogen) atoms. The summed E-state index contributed by atoms with van der Waals surface area (Å²) in [5, 5.41) is 3.04. The maximum absolute atomic E-state index is 13.3. The fourth-order valence-corrected chi connectivity index (χ4v) is 4.97. The first-order valence-electron chi connectivity index (χ1n) is 11.6. The molecule has 8 heteroatoms. The summed E-state index contributed by atoms with van der Waals surface area (Å²) < 4.78 is 5.60. The molecule has 0 unspecified atom stereocenters. The van der Waals surface area contributed by atoms with Gasteiger partial charge in [-0.3, -0.25) is 24.3 Å². The number of pyridine rings is 1. The van der Waals surface area contributed by atoms with Gasteiger partial charge in [-0.25, -0.2) is 0 Å². The highest BCUT2D eigenvalue weighted by atomic mass is 16.5. The molecule has 2 fully saturated rings. The molecule has 0 spiro atoms. The van der Waals surface area contributed by atoms with Crippen molar-refractivity contribution >= 4 is 23.4 Å². The van der Waals surface area contributed by atoms with Gasteiger partial charge in [-0.1, -0.05) is 12.1 Å². The van der Waals surface area contributed by atoms with E-state index in [0.29, 0.717) is 24.2 Å². The van der Waals surface area contributed by atoms with Crippen LogP contribution in [0.4, 0.5) is 5.69 Å². The Bertz CT molecular complexity index is 1050. The van der Waals surface area contributed by atoms with Crippen LogP contribution in [0, 0.1) is 5.92 Å². The highest BCUT2D eigenvalue weighted by Gasteiger charge is 2.39. The second kappa shape index (κ2) is 9.31. The number of nitrogens with zero attached hydrogens (tertiary/aromatic N) is 3. The monoisotopic (exact) mass is 448 g/mol. The highest BCUT2D eigenvalue weighted by Crippen LogP contribution is 2.34. The Labute approximate surface area is 192 Å². The topological polar surface area (TPSA) is 91.8 Å². The number of amides is 3. The number of hydrogen-bond acceptors (Lipinski definition) is 6. The summed E-state index contributed by atoms with van der Waals surface area (Å²) in [5.74, 6) is -0.707. The molecule has 2 aromatic rings. The second-order valence-corrected chi connectivity index (χ2v) is 8.92. The number of imide groups is 1. The molecule has 0 saturated carbocycles. The first kappa shape index (κ1) is 21.6. The van der Waals surface area contributed by atoms with Crippen LogP contribution in [0.5, 0.6) is 0 Å². The zero-order valence-electron chi connectivity index (χ0n) is 18.5. The van der Waals surface area contributed by atoms with E-state index in [4.69, 9.17) is 4.74 Å². The fourth-order valence-electron chi connectivity index (χ4n) is 4.97. The van der Waals surface area contributed by atoms with E-state index in [1.54, 1.807) is 24.5 Å². The zero-order chi connectivity index (χ0) is 22.8.